The van der Waals surface area contributed by atoms with Gasteiger partial charge in [0.25, 0.3) is 0 Å². The van der Waals surface area contributed by atoms with Crippen molar-refractivity contribution in [2.75, 3.05) is 0 Å². The number of carbonyl (C=O) groups is 1. The molecule has 0 amide bonds. The van der Waals surface area contributed by atoms with Crippen LogP contribution in [0.1, 0.15) is 28.4 Å². The molecule has 0 aliphatic heterocycles. The third-order valence-corrected chi connectivity index (χ3v) is 4.75. The normalized spacial score (nSPS) is 11.1. The Morgan fingerprint density at radius 1 is 0.923 bits per heavy atom. The fraction of sp³-hybridized carbons (Fsp3) is 0.130. The van der Waals surface area contributed by atoms with E-state index in [1.165, 1.54) is 5.56 Å². The molecule has 1 heterocycles. The lowest BCUT2D eigenvalue weighted by molar-refractivity contribution is 0.0992. The van der Waals surface area contributed by atoms with Crippen LogP contribution in [0.2, 0.25) is 0 Å². The maximum atomic E-state index is 12.6. The van der Waals surface area contributed by atoms with Gasteiger partial charge < -0.3 is 4.42 Å². The molecule has 0 radical (unpaired) electrons. The molecule has 0 aliphatic carbocycles. The number of benzene rings is 3. The maximum absolute atomic E-state index is 12.6. The topological polar surface area (TPSA) is 47.3 Å². The van der Waals surface area contributed by atoms with Crippen molar-refractivity contribution in [3.63, 3.8) is 0 Å². The standard InChI is InChI=1S/C23H18O3/c1-2-15-7-9-17(10-8-15)21(24)14-18-13-20-19-6-4-3-5-16(19)11-12-22(20)26-23(18)25/h3-13H,2,14H2,1H3. The van der Waals surface area contributed by atoms with Crippen LogP contribution in [-0.2, 0) is 12.8 Å². The molecule has 0 aliphatic rings. The molecule has 0 bridgehead atoms. The molecule has 3 aromatic carbocycles. The Kier molecular flexibility index (Phi) is 4.13. The average Bonchev–Trinajstić information content (AvgIpc) is 2.68. The second-order valence-electron chi connectivity index (χ2n) is 6.41. The monoisotopic (exact) mass is 342 g/mol. The number of rotatable bonds is 4. The maximum Gasteiger partial charge on any atom is 0.339 e. The molecule has 128 valence electrons. The molecule has 0 unspecified atom stereocenters. The Hall–Kier alpha value is -3.20. The van der Waals surface area contributed by atoms with E-state index in [1.807, 2.05) is 54.6 Å². The zero-order chi connectivity index (χ0) is 18.1. The second-order valence-corrected chi connectivity index (χ2v) is 6.41. The summed E-state index contributed by atoms with van der Waals surface area (Å²) in [6.07, 6.45) is 0.961. The minimum Gasteiger partial charge on any atom is -0.422 e. The third kappa shape index (κ3) is 2.93. The number of aryl methyl sites for hydroxylation is 1. The summed E-state index contributed by atoms with van der Waals surface area (Å²) >= 11 is 0. The first kappa shape index (κ1) is 16.3. The fourth-order valence-electron chi connectivity index (χ4n) is 3.24. The van der Waals surface area contributed by atoms with Crippen molar-refractivity contribution in [3.05, 3.63) is 93.8 Å². The van der Waals surface area contributed by atoms with Crippen molar-refractivity contribution < 1.29 is 9.21 Å². The molecule has 3 nitrogen and oxygen atoms in total. The Bertz CT molecular complexity index is 1170. The summed E-state index contributed by atoms with van der Waals surface area (Å²) in [6.45, 7) is 2.07. The van der Waals surface area contributed by atoms with Gasteiger partial charge in [0.15, 0.2) is 5.78 Å². The lowest BCUT2D eigenvalue weighted by Gasteiger charge is -2.06. The predicted molar refractivity (Wildman–Crippen MR) is 104 cm³/mol. The lowest BCUT2D eigenvalue weighted by Crippen LogP contribution is -2.13. The second kappa shape index (κ2) is 6.60. The third-order valence-electron chi connectivity index (χ3n) is 4.75. The first-order chi connectivity index (χ1) is 12.7. The van der Waals surface area contributed by atoms with Crippen LogP contribution in [0.5, 0.6) is 0 Å². The molecule has 3 heteroatoms. The minimum absolute atomic E-state index is 0.0347. The molecular weight excluding hydrogens is 324 g/mol. The fourth-order valence-corrected chi connectivity index (χ4v) is 3.24. The van der Waals surface area contributed by atoms with Gasteiger partial charge in [-0.2, -0.15) is 0 Å². The van der Waals surface area contributed by atoms with Crippen LogP contribution in [0.25, 0.3) is 21.7 Å². The van der Waals surface area contributed by atoms with E-state index < -0.39 is 5.63 Å². The lowest BCUT2D eigenvalue weighted by atomic mass is 10.00. The number of hydrogen-bond donors (Lipinski definition) is 0. The van der Waals surface area contributed by atoms with E-state index in [4.69, 9.17) is 4.42 Å². The van der Waals surface area contributed by atoms with E-state index in [0.717, 1.165) is 22.6 Å². The van der Waals surface area contributed by atoms with E-state index in [0.29, 0.717) is 16.7 Å². The molecule has 0 N–H and O–H groups in total. The van der Waals surface area contributed by atoms with Gasteiger partial charge in [-0.15, -0.1) is 0 Å². The summed E-state index contributed by atoms with van der Waals surface area (Å²) in [5.74, 6) is -0.0838. The quantitative estimate of drug-likeness (QED) is 0.300. The van der Waals surface area contributed by atoms with Gasteiger partial charge in [-0.05, 0) is 34.9 Å². The molecule has 0 saturated heterocycles. The van der Waals surface area contributed by atoms with Crippen molar-refractivity contribution in [1.29, 1.82) is 0 Å². The molecule has 0 atom stereocenters. The van der Waals surface area contributed by atoms with Crippen molar-refractivity contribution >= 4 is 27.5 Å². The number of ketones is 1. The molecule has 0 saturated carbocycles. The summed E-state index contributed by atoms with van der Waals surface area (Å²) in [5, 5.41) is 2.93. The average molecular weight is 342 g/mol. The van der Waals surface area contributed by atoms with Crippen molar-refractivity contribution in [3.8, 4) is 0 Å². The van der Waals surface area contributed by atoms with E-state index >= 15 is 0 Å². The van der Waals surface area contributed by atoms with Gasteiger partial charge in [-0.1, -0.05) is 61.5 Å². The van der Waals surface area contributed by atoms with E-state index in [-0.39, 0.29) is 12.2 Å². The summed E-state index contributed by atoms with van der Waals surface area (Å²) in [7, 11) is 0. The van der Waals surface area contributed by atoms with Crippen LogP contribution >= 0.6 is 0 Å². The Labute approximate surface area is 150 Å². The molecule has 4 aromatic rings. The van der Waals surface area contributed by atoms with Gasteiger partial charge in [0, 0.05) is 22.9 Å². The number of fused-ring (bicyclic) bond motifs is 3. The largest absolute Gasteiger partial charge is 0.422 e. The van der Waals surface area contributed by atoms with Crippen LogP contribution in [0.15, 0.2) is 75.9 Å². The van der Waals surface area contributed by atoms with Gasteiger partial charge in [-0.3, -0.25) is 4.79 Å². The van der Waals surface area contributed by atoms with Crippen molar-refractivity contribution in [1.82, 2.24) is 0 Å². The SMILES string of the molecule is CCc1ccc(C(=O)Cc2cc3c(ccc4ccccc43)oc2=O)cc1. The molecule has 0 fully saturated rings. The van der Waals surface area contributed by atoms with E-state index in [1.54, 1.807) is 12.1 Å². The van der Waals surface area contributed by atoms with Gasteiger partial charge in [0.05, 0.1) is 0 Å². The van der Waals surface area contributed by atoms with Gasteiger partial charge >= 0.3 is 5.63 Å². The van der Waals surface area contributed by atoms with Gasteiger partial charge in [-0.25, -0.2) is 4.79 Å². The zero-order valence-electron chi connectivity index (χ0n) is 14.5. The van der Waals surface area contributed by atoms with Gasteiger partial charge in [0.2, 0.25) is 0 Å². The highest BCUT2D eigenvalue weighted by atomic mass is 16.4. The Morgan fingerprint density at radius 3 is 2.46 bits per heavy atom. The van der Waals surface area contributed by atoms with Crippen LogP contribution in [0.4, 0.5) is 0 Å². The smallest absolute Gasteiger partial charge is 0.339 e. The summed E-state index contributed by atoms with van der Waals surface area (Å²) < 4.78 is 5.47. The molecule has 1 aromatic heterocycles. The van der Waals surface area contributed by atoms with E-state index in [2.05, 4.69) is 6.92 Å². The number of carbonyl (C=O) groups excluding carboxylic acids is 1. The molecule has 26 heavy (non-hydrogen) atoms. The number of hydrogen-bond acceptors (Lipinski definition) is 3. The highest BCUT2D eigenvalue weighted by Gasteiger charge is 2.13. The predicted octanol–water partition coefficient (Wildman–Crippen LogP) is 4.93. The van der Waals surface area contributed by atoms with Crippen molar-refractivity contribution in [2.45, 2.75) is 19.8 Å². The molecular formula is C23H18O3. The number of Topliss-reactive ketones (excluding diaryl/α,β-unsaturated/α-hetero) is 1. The van der Waals surface area contributed by atoms with Gasteiger partial charge in [0.1, 0.15) is 5.58 Å². The Balaban J connectivity index is 1.75. The summed E-state index contributed by atoms with van der Waals surface area (Å²) in [5.41, 5.74) is 2.26. The molecule has 4 rings (SSSR count). The summed E-state index contributed by atoms with van der Waals surface area (Å²) in [6, 6.07) is 21.0. The van der Waals surface area contributed by atoms with Crippen LogP contribution in [0, 0.1) is 0 Å². The minimum atomic E-state index is -0.452. The highest BCUT2D eigenvalue weighted by Crippen LogP contribution is 2.25. The zero-order valence-corrected chi connectivity index (χ0v) is 14.5. The molecule has 0 spiro atoms. The summed E-state index contributed by atoms with van der Waals surface area (Å²) in [4.78, 5) is 24.9. The first-order valence-corrected chi connectivity index (χ1v) is 8.72. The van der Waals surface area contributed by atoms with Crippen LogP contribution < -0.4 is 5.63 Å². The first-order valence-electron chi connectivity index (χ1n) is 8.72. The van der Waals surface area contributed by atoms with Crippen LogP contribution in [0.3, 0.4) is 0 Å². The van der Waals surface area contributed by atoms with Crippen LogP contribution in [-0.4, -0.2) is 5.78 Å². The highest BCUT2D eigenvalue weighted by molar-refractivity contribution is 6.06. The Morgan fingerprint density at radius 2 is 1.69 bits per heavy atom. The van der Waals surface area contributed by atoms with Crippen molar-refractivity contribution in [2.24, 2.45) is 0 Å². The van der Waals surface area contributed by atoms with E-state index in [9.17, 15) is 9.59 Å².